The monoisotopic (exact) mass is 246 g/mol. The number of rotatable bonds is 8. The van der Waals surface area contributed by atoms with Gasteiger partial charge in [0.2, 0.25) is 0 Å². The van der Waals surface area contributed by atoms with Gasteiger partial charge in [-0.3, -0.25) is 0 Å². The molecule has 0 saturated carbocycles. The Bertz CT molecular complexity index is 303. The van der Waals surface area contributed by atoms with Crippen molar-refractivity contribution in [2.45, 2.75) is 66.2 Å². The first-order valence-corrected chi connectivity index (χ1v) is 7.71. The van der Waals surface area contributed by atoms with E-state index >= 15 is 0 Å². The van der Waals surface area contributed by atoms with Crippen LogP contribution in [0.2, 0.25) is 0 Å². The highest BCUT2D eigenvalue weighted by molar-refractivity contribution is 5.21. The van der Waals surface area contributed by atoms with Crippen LogP contribution in [-0.4, -0.2) is 0 Å². The molecule has 0 bridgehead atoms. The first-order valence-electron chi connectivity index (χ1n) is 7.71. The van der Waals surface area contributed by atoms with Crippen molar-refractivity contribution in [2.24, 2.45) is 11.8 Å². The summed E-state index contributed by atoms with van der Waals surface area (Å²) >= 11 is 0. The maximum absolute atomic E-state index is 2.41. The lowest BCUT2D eigenvalue weighted by atomic mass is 9.86. The predicted molar refractivity (Wildman–Crippen MR) is 82.0 cm³/mol. The van der Waals surface area contributed by atoms with Crippen molar-refractivity contribution in [3.63, 3.8) is 0 Å². The second-order valence-corrected chi connectivity index (χ2v) is 5.97. The van der Waals surface area contributed by atoms with Gasteiger partial charge in [-0.1, -0.05) is 76.3 Å². The van der Waals surface area contributed by atoms with E-state index in [9.17, 15) is 0 Å². The van der Waals surface area contributed by atoms with Crippen molar-refractivity contribution in [1.82, 2.24) is 0 Å². The minimum Gasteiger partial charge on any atom is -0.0654 e. The van der Waals surface area contributed by atoms with E-state index in [1.54, 1.807) is 0 Å². The molecule has 0 spiro atoms. The Balaban J connectivity index is 2.43. The van der Waals surface area contributed by atoms with Gasteiger partial charge in [0.1, 0.15) is 0 Å². The van der Waals surface area contributed by atoms with Gasteiger partial charge >= 0.3 is 0 Å². The van der Waals surface area contributed by atoms with Crippen LogP contribution in [0, 0.1) is 18.8 Å². The molecule has 102 valence electrons. The highest BCUT2D eigenvalue weighted by Crippen LogP contribution is 2.24. The number of hydrogen-bond donors (Lipinski definition) is 0. The molecule has 0 heterocycles. The van der Waals surface area contributed by atoms with Crippen molar-refractivity contribution in [3.8, 4) is 0 Å². The van der Waals surface area contributed by atoms with Gasteiger partial charge in [0.25, 0.3) is 0 Å². The molecule has 1 rings (SSSR count). The summed E-state index contributed by atoms with van der Waals surface area (Å²) in [5.74, 6) is 1.76. The van der Waals surface area contributed by atoms with Gasteiger partial charge in [0, 0.05) is 0 Å². The summed E-state index contributed by atoms with van der Waals surface area (Å²) in [6, 6.07) is 9.05. The molecule has 0 heteroatoms. The van der Waals surface area contributed by atoms with Gasteiger partial charge in [0.05, 0.1) is 0 Å². The zero-order valence-electron chi connectivity index (χ0n) is 12.7. The Kier molecular flexibility index (Phi) is 7.08. The van der Waals surface area contributed by atoms with E-state index in [4.69, 9.17) is 0 Å². The van der Waals surface area contributed by atoms with E-state index in [2.05, 4.69) is 52.0 Å². The highest BCUT2D eigenvalue weighted by Gasteiger charge is 2.12. The maximum Gasteiger partial charge on any atom is -0.0253 e. The lowest BCUT2D eigenvalue weighted by Gasteiger charge is -2.20. The summed E-state index contributed by atoms with van der Waals surface area (Å²) < 4.78 is 0. The summed E-state index contributed by atoms with van der Waals surface area (Å²) in [6.45, 7) is 9.20. The van der Waals surface area contributed by atoms with Crippen LogP contribution in [0.15, 0.2) is 24.3 Å². The molecule has 1 atom stereocenters. The van der Waals surface area contributed by atoms with Crippen molar-refractivity contribution in [3.05, 3.63) is 35.4 Å². The maximum atomic E-state index is 2.41. The molecule has 18 heavy (non-hydrogen) atoms. The molecular weight excluding hydrogens is 216 g/mol. The average Bonchev–Trinajstić information content (AvgIpc) is 2.33. The molecule has 0 aliphatic rings. The molecule has 0 amide bonds. The number of benzene rings is 1. The smallest absolute Gasteiger partial charge is 0.0253 e. The Hall–Kier alpha value is -0.780. The molecule has 0 fully saturated rings. The fraction of sp³-hybridized carbons (Fsp3) is 0.667. The van der Waals surface area contributed by atoms with Crippen LogP contribution in [0.5, 0.6) is 0 Å². The molecule has 1 aromatic carbocycles. The Labute approximate surface area is 114 Å². The number of aryl methyl sites for hydroxylation is 1. The lowest BCUT2D eigenvalue weighted by Crippen LogP contribution is -2.09. The molecule has 0 aromatic heterocycles. The zero-order chi connectivity index (χ0) is 13.4. The first kappa shape index (κ1) is 15.3. The van der Waals surface area contributed by atoms with Crippen LogP contribution in [0.3, 0.4) is 0 Å². The van der Waals surface area contributed by atoms with E-state index in [0.717, 1.165) is 11.8 Å². The predicted octanol–water partition coefficient (Wildman–Crippen LogP) is 5.78. The summed E-state index contributed by atoms with van der Waals surface area (Å²) in [6.07, 6.45) is 8.13. The van der Waals surface area contributed by atoms with Gasteiger partial charge in [-0.05, 0) is 37.2 Å². The third-order valence-electron chi connectivity index (χ3n) is 3.83. The second-order valence-electron chi connectivity index (χ2n) is 5.97. The van der Waals surface area contributed by atoms with Crippen LogP contribution in [0.1, 0.15) is 64.0 Å². The molecule has 0 N–H and O–H groups in total. The molecule has 0 nitrogen and oxygen atoms in total. The van der Waals surface area contributed by atoms with E-state index in [-0.39, 0.29) is 0 Å². The van der Waals surface area contributed by atoms with Crippen LogP contribution in [-0.2, 0) is 6.42 Å². The molecular formula is C18H30. The van der Waals surface area contributed by atoms with Crippen molar-refractivity contribution < 1.29 is 0 Å². The average molecular weight is 246 g/mol. The quantitative estimate of drug-likeness (QED) is 0.545. The Morgan fingerprint density at radius 1 is 0.944 bits per heavy atom. The lowest BCUT2D eigenvalue weighted by molar-refractivity contribution is 0.343. The summed E-state index contributed by atoms with van der Waals surface area (Å²) in [5.41, 5.74) is 2.86. The number of hydrogen-bond acceptors (Lipinski definition) is 0. The normalized spacial score (nSPS) is 12.9. The standard InChI is InChI=1S/C18H30/c1-5-7-17(8-6-2)13-16(4)14-18-11-9-15(3)10-12-18/h9-12,16-17H,5-8,13-14H2,1-4H3. The summed E-state index contributed by atoms with van der Waals surface area (Å²) in [7, 11) is 0. The summed E-state index contributed by atoms with van der Waals surface area (Å²) in [5, 5.41) is 0. The van der Waals surface area contributed by atoms with Crippen molar-refractivity contribution in [2.75, 3.05) is 0 Å². The van der Waals surface area contributed by atoms with Gasteiger partial charge in [-0.25, -0.2) is 0 Å². The zero-order valence-corrected chi connectivity index (χ0v) is 12.7. The van der Waals surface area contributed by atoms with E-state index in [1.165, 1.54) is 49.7 Å². The minimum absolute atomic E-state index is 0.816. The third kappa shape index (κ3) is 5.71. The van der Waals surface area contributed by atoms with E-state index in [0.29, 0.717) is 0 Å². The van der Waals surface area contributed by atoms with E-state index in [1.807, 2.05) is 0 Å². The van der Waals surface area contributed by atoms with Crippen LogP contribution < -0.4 is 0 Å². The van der Waals surface area contributed by atoms with Crippen molar-refractivity contribution >= 4 is 0 Å². The SMILES string of the molecule is CCCC(CCC)CC(C)Cc1ccc(C)cc1. The molecule has 1 unspecified atom stereocenters. The molecule has 0 radical (unpaired) electrons. The van der Waals surface area contributed by atoms with E-state index < -0.39 is 0 Å². The second kappa shape index (κ2) is 8.34. The molecule has 0 aliphatic carbocycles. The first-order chi connectivity index (χ1) is 8.65. The van der Waals surface area contributed by atoms with Gasteiger partial charge < -0.3 is 0 Å². The fourth-order valence-electron chi connectivity index (χ4n) is 2.98. The summed E-state index contributed by atoms with van der Waals surface area (Å²) in [4.78, 5) is 0. The molecule has 0 saturated heterocycles. The van der Waals surface area contributed by atoms with Gasteiger partial charge in [-0.15, -0.1) is 0 Å². The minimum atomic E-state index is 0.816. The van der Waals surface area contributed by atoms with Gasteiger partial charge in [0.15, 0.2) is 0 Å². The Morgan fingerprint density at radius 3 is 2.00 bits per heavy atom. The van der Waals surface area contributed by atoms with Crippen LogP contribution >= 0.6 is 0 Å². The van der Waals surface area contributed by atoms with Crippen molar-refractivity contribution in [1.29, 1.82) is 0 Å². The van der Waals surface area contributed by atoms with Gasteiger partial charge in [-0.2, -0.15) is 0 Å². The highest BCUT2D eigenvalue weighted by atomic mass is 14.2. The topological polar surface area (TPSA) is 0 Å². The van der Waals surface area contributed by atoms with Crippen LogP contribution in [0.25, 0.3) is 0 Å². The Morgan fingerprint density at radius 2 is 1.50 bits per heavy atom. The largest absolute Gasteiger partial charge is 0.0654 e. The molecule has 1 aromatic rings. The fourth-order valence-corrected chi connectivity index (χ4v) is 2.98. The third-order valence-corrected chi connectivity index (χ3v) is 3.83. The van der Waals surface area contributed by atoms with Crippen LogP contribution in [0.4, 0.5) is 0 Å². The molecule has 0 aliphatic heterocycles.